The lowest BCUT2D eigenvalue weighted by molar-refractivity contribution is 0.249. The molecule has 0 aliphatic heterocycles. The number of anilines is 1. The van der Waals surface area contributed by atoms with Crippen LogP contribution < -0.4 is 10.2 Å². The summed E-state index contributed by atoms with van der Waals surface area (Å²) in [5, 5.41) is 2.81. The van der Waals surface area contributed by atoms with Crippen LogP contribution in [0.4, 0.5) is 10.5 Å². The van der Waals surface area contributed by atoms with Gasteiger partial charge in [-0.25, -0.2) is 4.79 Å². The van der Waals surface area contributed by atoms with E-state index < -0.39 is 0 Å². The van der Waals surface area contributed by atoms with Crippen molar-refractivity contribution in [2.45, 2.75) is 27.2 Å². The average molecular weight is 232 g/mol. The third-order valence-electron chi connectivity index (χ3n) is 2.63. The van der Waals surface area contributed by atoms with Gasteiger partial charge in [-0.2, -0.15) is 0 Å². The molecule has 0 aliphatic rings. The van der Waals surface area contributed by atoms with Crippen molar-refractivity contribution in [1.82, 2.24) is 5.32 Å². The maximum atomic E-state index is 12.0. The normalized spacial score (nSPS) is 11.1. The molecule has 17 heavy (non-hydrogen) atoms. The molecule has 0 fully saturated rings. The summed E-state index contributed by atoms with van der Waals surface area (Å²) in [6.45, 7) is 6.67. The van der Waals surface area contributed by atoms with Crippen molar-refractivity contribution in [3.8, 4) is 0 Å². The number of benzene rings is 1. The van der Waals surface area contributed by atoms with E-state index in [0.717, 1.165) is 17.7 Å². The first-order valence-corrected chi connectivity index (χ1v) is 5.97. The van der Waals surface area contributed by atoms with E-state index >= 15 is 0 Å². The lowest BCUT2D eigenvalue weighted by Crippen LogP contribution is -2.37. The molecule has 1 aromatic rings. The van der Waals surface area contributed by atoms with Crippen molar-refractivity contribution in [1.29, 1.82) is 0 Å². The van der Waals surface area contributed by atoms with Crippen LogP contribution in [0.5, 0.6) is 0 Å². The van der Waals surface area contributed by atoms with Gasteiger partial charge < -0.3 is 5.32 Å². The maximum absolute atomic E-state index is 12.0. The molecule has 0 aromatic heterocycles. The summed E-state index contributed by atoms with van der Waals surface area (Å²) in [6.07, 6.45) is 2.71. The molecule has 0 aliphatic carbocycles. The van der Waals surface area contributed by atoms with Crippen LogP contribution in [0, 0.1) is 0 Å². The molecule has 0 saturated carbocycles. The van der Waals surface area contributed by atoms with Gasteiger partial charge >= 0.3 is 6.03 Å². The monoisotopic (exact) mass is 232 g/mol. The Kier molecular flexibility index (Phi) is 5.27. The van der Waals surface area contributed by atoms with E-state index in [4.69, 9.17) is 0 Å². The number of nitrogens with zero attached hydrogens (tertiary/aromatic N) is 1. The summed E-state index contributed by atoms with van der Waals surface area (Å²) in [5.41, 5.74) is 2.07. The second kappa shape index (κ2) is 6.74. The van der Waals surface area contributed by atoms with E-state index in [1.807, 2.05) is 44.2 Å². The SMILES string of the molecule is CC/C(C)=C/NC(=O)N(CC)c1ccccc1. The summed E-state index contributed by atoms with van der Waals surface area (Å²) < 4.78 is 0. The molecular weight excluding hydrogens is 212 g/mol. The number of amides is 2. The van der Waals surface area contributed by atoms with Gasteiger partial charge in [0.2, 0.25) is 0 Å². The molecular formula is C14H20N2O. The molecule has 3 nitrogen and oxygen atoms in total. The van der Waals surface area contributed by atoms with E-state index in [1.165, 1.54) is 0 Å². The minimum absolute atomic E-state index is 0.0912. The first-order valence-electron chi connectivity index (χ1n) is 5.97. The number of carbonyl (C=O) groups is 1. The van der Waals surface area contributed by atoms with Gasteiger partial charge in [0.1, 0.15) is 0 Å². The number of hydrogen-bond acceptors (Lipinski definition) is 1. The van der Waals surface area contributed by atoms with Gasteiger partial charge in [0.25, 0.3) is 0 Å². The fourth-order valence-electron chi connectivity index (χ4n) is 1.42. The van der Waals surface area contributed by atoms with Crippen molar-refractivity contribution in [3.05, 3.63) is 42.1 Å². The Bertz CT molecular complexity index is 384. The van der Waals surface area contributed by atoms with Crippen LogP contribution in [0.15, 0.2) is 42.1 Å². The van der Waals surface area contributed by atoms with Crippen molar-refractivity contribution in [3.63, 3.8) is 0 Å². The molecule has 0 saturated heterocycles. The molecule has 0 radical (unpaired) electrons. The minimum atomic E-state index is -0.0912. The summed E-state index contributed by atoms with van der Waals surface area (Å²) in [5.74, 6) is 0. The molecule has 92 valence electrons. The van der Waals surface area contributed by atoms with E-state index in [0.29, 0.717) is 6.54 Å². The Morgan fingerprint density at radius 3 is 2.47 bits per heavy atom. The van der Waals surface area contributed by atoms with Crippen LogP contribution in [0.25, 0.3) is 0 Å². The molecule has 1 rings (SSSR count). The first-order chi connectivity index (χ1) is 8.19. The Hall–Kier alpha value is -1.77. The van der Waals surface area contributed by atoms with Gasteiger partial charge in [0, 0.05) is 18.4 Å². The molecule has 2 amide bonds. The van der Waals surface area contributed by atoms with Crippen LogP contribution >= 0.6 is 0 Å². The third kappa shape index (κ3) is 3.94. The van der Waals surface area contributed by atoms with Crippen molar-refractivity contribution in [2.75, 3.05) is 11.4 Å². The quantitative estimate of drug-likeness (QED) is 0.846. The largest absolute Gasteiger partial charge is 0.325 e. The number of allylic oxidation sites excluding steroid dienone is 1. The fourth-order valence-corrected chi connectivity index (χ4v) is 1.42. The van der Waals surface area contributed by atoms with Crippen LogP contribution in [0.2, 0.25) is 0 Å². The fraction of sp³-hybridized carbons (Fsp3) is 0.357. The van der Waals surface area contributed by atoms with Gasteiger partial charge in [-0.15, -0.1) is 0 Å². The number of urea groups is 1. The number of nitrogens with one attached hydrogen (secondary N) is 1. The van der Waals surface area contributed by atoms with Crippen molar-refractivity contribution < 1.29 is 4.79 Å². The van der Waals surface area contributed by atoms with Crippen LogP contribution in [0.1, 0.15) is 27.2 Å². The molecule has 0 heterocycles. The van der Waals surface area contributed by atoms with Gasteiger partial charge in [0.15, 0.2) is 0 Å². The van der Waals surface area contributed by atoms with Crippen molar-refractivity contribution in [2.24, 2.45) is 0 Å². The highest BCUT2D eigenvalue weighted by molar-refractivity contribution is 5.92. The molecule has 0 spiro atoms. The summed E-state index contributed by atoms with van der Waals surface area (Å²) in [4.78, 5) is 13.7. The van der Waals surface area contributed by atoms with E-state index in [2.05, 4.69) is 12.2 Å². The highest BCUT2D eigenvalue weighted by Gasteiger charge is 2.11. The predicted molar refractivity (Wildman–Crippen MR) is 72.0 cm³/mol. The van der Waals surface area contributed by atoms with Gasteiger partial charge in [-0.1, -0.05) is 30.7 Å². The third-order valence-corrected chi connectivity index (χ3v) is 2.63. The molecule has 3 heteroatoms. The zero-order valence-corrected chi connectivity index (χ0v) is 10.7. The number of hydrogen-bond donors (Lipinski definition) is 1. The molecule has 1 aromatic carbocycles. The predicted octanol–water partition coefficient (Wildman–Crippen LogP) is 3.54. The summed E-state index contributed by atoms with van der Waals surface area (Å²) in [6, 6.07) is 9.57. The molecule has 0 atom stereocenters. The second-order valence-corrected chi connectivity index (χ2v) is 3.87. The van der Waals surface area contributed by atoms with Gasteiger partial charge in [-0.3, -0.25) is 4.90 Å². The van der Waals surface area contributed by atoms with E-state index in [9.17, 15) is 4.79 Å². The smallest absolute Gasteiger partial charge is 0.314 e. The maximum Gasteiger partial charge on any atom is 0.325 e. The van der Waals surface area contributed by atoms with Gasteiger partial charge in [-0.05, 0) is 32.4 Å². The van der Waals surface area contributed by atoms with E-state index in [1.54, 1.807) is 11.1 Å². The van der Waals surface area contributed by atoms with Crippen LogP contribution in [-0.4, -0.2) is 12.6 Å². The zero-order chi connectivity index (χ0) is 12.7. The zero-order valence-electron chi connectivity index (χ0n) is 10.7. The minimum Gasteiger partial charge on any atom is -0.314 e. The Morgan fingerprint density at radius 1 is 1.29 bits per heavy atom. The number of carbonyl (C=O) groups excluding carboxylic acids is 1. The first kappa shape index (κ1) is 13.3. The molecule has 1 N–H and O–H groups in total. The highest BCUT2D eigenvalue weighted by Crippen LogP contribution is 2.12. The average Bonchev–Trinajstić information content (AvgIpc) is 2.38. The second-order valence-electron chi connectivity index (χ2n) is 3.87. The Labute approximate surface area is 103 Å². The Morgan fingerprint density at radius 2 is 1.94 bits per heavy atom. The van der Waals surface area contributed by atoms with Crippen molar-refractivity contribution >= 4 is 11.7 Å². The standard InChI is InChI=1S/C14H20N2O/c1-4-12(3)11-15-14(17)16(5-2)13-9-7-6-8-10-13/h6-11H,4-5H2,1-3H3,(H,15,17)/b12-11+. The number of rotatable bonds is 4. The number of para-hydroxylation sites is 1. The van der Waals surface area contributed by atoms with Crippen LogP contribution in [-0.2, 0) is 0 Å². The lowest BCUT2D eigenvalue weighted by Gasteiger charge is -2.20. The van der Waals surface area contributed by atoms with Crippen LogP contribution in [0.3, 0.4) is 0 Å². The summed E-state index contributed by atoms with van der Waals surface area (Å²) >= 11 is 0. The van der Waals surface area contributed by atoms with Gasteiger partial charge in [0.05, 0.1) is 0 Å². The molecule has 0 bridgehead atoms. The topological polar surface area (TPSA) is 32.3 Å². The lowest BCUT2D eigenvalue weighted by atomic mass is 10.2. The summed E-state index contributed by atoms with van der Waals surface area (Å²) in [7, 11) is 0. The van der Waals surface area contributed by atoms with E-state index in [-0.39, 0.29) is 6.03 Å². The Balaban J connectivity index is 2.72. The highest BCUT2D eigenvalue weighted by atomic mass is 16.2. The molecule has 0 unspecified atom stereocenters.